The third kappa shape index (κ3) is 2.88. The SMILES string of the molecule is Cn1c(O)c(/C=C2\C=Nc3ccccc32)sc1=Nc1ccc(O)cc1. The highest BCUT2D eigenvalue weighted by Gasteiger charge is 2.14. The second kappa shape index (κ2) is 6.07. The van der Waals surface area contributed by atoms with Gasteiger partial charge >= 0.3 is 0 Å². The number of para-hydroxylation sites is 1. The number of aromatic nitrogens is 1. The fraction of sp³-hybridized carbons (Fsp3) is 0.0526. The predicted molar refractivity (Wildman–Crippen MR) is 101 cm³/mol. The van der Waals surface area contributed by atoms with Crippen LogP contribution in [0.15, 0.2) is 58.5 Å². The number of hydrogen-bond donors (Lipinski definition) is 2. The minimum Gasteiger partial charge on any atom is -0.508 e. The van der Waals surface area contributed by atoms with Gasteiger partial charge in [0.05, 0.1) is 16.3 Å². The summed E-state index contributed by atoms with van der Waals surface area (Å²) in [4.78, 5) is 10.3. The van der Waals surface area contributed by atoms with E-state index in [-0.39, 0.29) is 11.6 Å². The molecule has 0 spiro atoms. The summed E-state index contributed by atoms with van der Waals surface area (Å²) in [5.41, 5.74) is 3.66. The van der Waals surface area contributed by atoms with Gasteiger partial charge in [-0.2, -0.15) is 0 Å². The molecule has 124 valence electrons. The molecule has 4 rings (SSSR count). The maximum atomic E-state index is 10.4. The molecule has 6 heteroatoms. The van der Waals surface area contributed by atoms with Gasteiger partial charge in [-0.25, -0.2) is 4.99 Å². The highest BCUT2D eigenvalue weighted by atomic mass is 32.1. The Morgan fingerprint density at radius 3 is 2.64 bits per heavy atom. The first-order valence-corrected chi connectivity index (χ1v) is 8.51. The third-order valence-corrected chi connectivity index (χ3v) is 5.01. The van der Waals surface area contributed by atoms with Crippen molar-refractivity contribution >= 4 is 40.6 Å². The van der Waals surface area contributed by atoms with Crippen LogP contribution < -0.4 is 4.80 Å². The summed E-state index contributed by atoms with van der Waals surface area (Å²) in [5, 5.41) is 19.8. The Labute approximate surface area is 148 Å². The van der Waals surface area contributed by atoms with Crippen molar-refractivity contribution in [3.05, 3.63) is 63.8 Å². The van der Waals surface area contributed by atoms with Gasteiger partial charge in [-0.05, 0) is 36.4 Å². The standard InChI is InChI=1S/C19H15N3O2S/c1-22-18(24)17(10-12-11-20-16-5-3-2-4-15(12)16)25-19(22)21-13-6-8-14(23)9-7-13/h2-11,23-24H,1H3/b12-10+,21-19?. The first-order valence-electron chi connectivity index (χ1n) is 7.69. The molecule has 0 unspecified atom stereocenters. The van der Waals surface area contributed by atoms with Crippen molar-refractivity contribution in [1.82, 2.24) is 4.57 Å². The van der Waals surface area contributed by atoms with Crippen molar-refractivity contribution < 1.29 is 10.2 Å². The van der Waals surface area contributed by atoms with Gasteiger partial charge in [-0.3, -0.25) is 9.56 Å². The lowest BCUT2D eigenvalue weighted by atomic mass is 10.1. The maximum absolute atomic E-state index is 10.4. The average Bonchev–Trinajstić information content (AvgIpc) is 3.14. The number of phenols is 1. The van der Waals surface area contributed by atoms with Crippen molar-refractivity contribution in [3.8, 4) is 11.6 Å². The van der Waals surface area contributed by atoms with E-state index in [1.165, 1.54) is 11.3 Å². The zero-order valence-electron chi connectivity index (χ0n) is 13.4. The number of benzene rings is 2. The molecular formula is C19H15N3O2S. The Morgan fingerprint density at radius 2 is 1.84 bits per heavy atom. The Hall–Kier alpha value is -3.12. The van der Waals surface area contributed by atoms with Gasteiger partial charge in [-0.1, -0.05) is 29.5 Å². The van der Waals surface area contributed by atoms with Gasteiger partial charge in [0.2, 0.25) is 5.88 Å². The quantitative estimate of drug-likeness (QED) is 0.734. The van der Waals surface area contributed by atoms with E-state index in [9.17, 15) is 10.2 Å². The molecule has 1 aliphatic heterocycles. The zero-order valence-corrected chi connectivity index (χ0v) is 14.2. The summed E-state index contributed by atoms with van der Waals surface area (Å²) in [5.74, 6) is 0.356. The van der Waals surface area contributed by atoms with Crippen LogP contribution in [-0.2, 0) is 7.05 Å². The number of hydrogen-bond acceptors (Lipinski definition) is 5. The molecule has 0 fully saturated rings. The summed E-state index contributed by atoms with van der Waals surface area (Å²) < 4.78 is 1.64. The molecule has 5 nitrogen and oxygen atoms in total. The number of aromatic hydroxyl groups is 2. The van der Waals surface area contributed by atoms with Gasteiger partial charge in [0.25, 0.3) is 0 Å². The molecule has 3 aromatic rings. The Morgan fingerprint density at radius 1 is 1.08 bits per heavy atom. The molecule has 0 bridgehead atoms. The van der Waals surface area contributed by atoms with Crippen LogP contribution in [0.3, 0.4) is 0 Å². The van der Waals surface area contributed by atoms with E-state index in [0.717, 1.165) is 21.7 Å². The molecule has 0 saturated heterocycles. The first-order chi connectivity index (χ1) is 12.1. The predicted octanol–water partition coefficient (Wildman–Crippen LogP) is 3.99. The zero-order chi connectivity index (χ0) is 17.4. The highest BCUT2D eigenvalue weighted by Crippen LogP contribution is 2.34. The summed E-state index contributed by atoms with van der Waals surface area (Å²) in [6.45, 7) is 0. The largest absolute Gasteiger partial charge is 0.508 e. The molecule has 0 radical (unpaired) electrons. The molecule has 2 heterocycles. The van der Waals surface area contributed by atoms with Gasteiger partial charge in [-0.15, -0.1) is 0 Å². The van der Waals surface area contributed by atoms with E-state index >= 15 is 0 Å². The summed E-state index contributed by atoms with van der Waals surface area (Å²) >= 11 is 1.39. The molecule has 0 amide bonds. The molecule has 0 saturated carbocycles. The second-order valence-electron chi connectivity index (χ2n) is 5.63. The lowest BCUT2D eigenvalue weighted by Gasteiger charge is -1.98. The van der Waals surface area contributed by atoms with Gasteiger partial charge < -0.3 is 10.2 Å². The second-order valence-corrected chi connectivity index (χ2v) is 6.64. The Balaban J connectivity index is 1.77. The van der Waals surface area contributed by atoms with Gasteiger partial charge in [0, 0.05) is 24.4 Å². The van der Waals surface area contributed by atoms with Crippen molar-refractivity contribution in [2.45, 2.75) is 0 Å². The number of allylic oxidation sites excluding steroid dienone is 1. The van der Waals surface area contributed by atoms with E-state index < -0.39 is 0 Å². The van der Waals surface area contributed by atoms with Crippen LogP contribution in [-0.4, -0.2) is 21.0 Å². The normalized spacial score (nSPS) is 15.1. The Bertz CT molecular complexity index is 1070. The topological polar surface area (TPSA) is 70.1 Å². The summed E-state index contributed by atoms with van der Waals surface area (Å²) in [7, 11) is 1.77. The fourth-order valence-electron chi connectivity index (χ4n) is 2.59. The van der Waals surface area contributed by atoms with E-state index in [0.29, 0.717) is 10.5 Å². The maximum Gasteiger partial charge on any atom is 0.210 e. The number of rotatable bonds is 2. The van der Waals surface area contributed by atoms with E-state index in [1.54, 1.807) is 42.1 Å². The average molecular weight is 349 g/mol. The molecule has 1 aromatic heterocycles. The highest BCUT2D eigenvalue weighted by molar-refractivity contribution is 7.10. The summed E-state index contributed by atoms with van der Waals surface area (Å²) in [6.07, 6.45) is 3.73. The van der Waals surface area contributed by atoms with Crippen LogP contribution in [0.25, 0.3) is 11.6 Å². The number of nitrogens with zero attached hydrogens (tertiary/aromatic N) is 3. The number of aliphatic imine (C=N–C) groups is 1. The smallest absolute Gasteiger partial charge is 0.210 e. The lowest BCUT2D eigenvalue weighted by molar-refractivity contribution is 0.427. The van der Waals surface area contributed by atoms with Crippen molar-refractivity contribution in [3.63, 3.8) is 0 Å². The molecule has 2 aromatic carbocycles. The molecule has 25 heavy (non-hydrogen) atoms. The number of fused-ring (bicyclic) bond motifs is 1. The minimum atomic E-state index is 0.160. The Kier molecular flexibility index (Phi) is 3.74. The van der Waals surface area contributed by atoms with Crippen LogP contribution in [0.4, 0.5) is 11.4 Å². The lowest BCUT2D eigenvalue weighted by Crippen LogP contribution is -2.08. The van der Waals surface area contributed by atoms with Crippen molar-refractivity contribution in [2.75, 3.05) is 0 Å². The molecular weight excluding hydrogens is 334 g/mol. The first kappa shape index (κ1) is 15.4. The minimum absolute atomic E-state index is 0.160. The fourth-order valence-corrected chi connectivity index (χ4v) is 3.58. The van der Waals surface area contributed by atoms with Crippen LogP contribution in [0.2, 0.25) is 0 Å². The number of thiazole rings is 1. The summed E-state index contributed by atoms with van der Waals surface area (Å²) in [6, 6.07) is 14.5. The van der Waals surface area contributed by atoms with Crippen LogP contribution >= 0.6 is 11.3 Å². The van der Waals surface area contributed by atoms with Crippen molar-refractivity contribution in [2.24, 2.45) is 17.0 Å². The third-order valence-electron chi connectivity index (χ3n) is 3.95. The van der Waals surface area contributed by atoms with E-state index in [1.807, 2.05) is 30.3 Å². The van der Waals surface area contributed by atoms with Gasteiger partial charge in [0.1, 0.15) is 5.75 Å². The number of phenolic OH excluding ortho intramolecular Hbond substituents is 1. The van der Waals surface area contributed by atoms with Crippen LogP contribution in [0, 0.1) is 0 Å². The van der Waals surface area contributed by atoms with Crippen LogP contribution in [0.1, 0.15) is 10.4 Å². The molecule has 0 aliphatic carbocycles. The molecule has 2 N–H and O–H groups in total. The molecule has 0 atom stereocenters. The monoisotopic (exact) mass is 349 g/mol. The molecule has 1 aliphatic rings. The van der Waals surface area contributed by atoms with E-state index in [2.05, 4.69) is 9.98 Å². The van der Waals surface area contributed by atoms with Crippen molar-refractivity contribution in [1.29, 1.82) is 0 Å². The van der Waals surface area contributed by atoms with Crippen LogP contribution in [0.5, 0.6) is 11.6 Å². The van der Waals surface area contributed by atoms with E-state index in [4.69, 9.17) is 0 Å². The van der Waals surface area contributed by atoms with Gasteiger partial charge in [0.15, 0.2) is 4.80 Å².